The van der Waals surface area contributed by atoms with Crippen molar-refractivity contribution in [2.75, 3.05) is 32.6 Å². The van der Waals surface area contributed by atoms with Crippen LogP contribution in [0.4, 0.5) is 10.5 Å². The van der Waals surface area contributed by atoms with Crippen LogP contribution >= 0.6 is 0 Å². The van der Waals surface area contributed by atoms with E-state index in [0.717, 1.165) is 5.75 Å². The molecule has 0 heterocycles. The molecule has 0 aliphatic rings. The molecular weight excluding hydrogens is 260 g/mol. The number of hydrogen-bond donors (Lipinski definition) is 1. The Morgan fingerprint density at radius 1 is 1.25 bits per heavy atom. The normalized spacial score (nSPS) is 9.75. The van der Waals surface area contributed by atoms with Crippen LogP contribution < -0.4 is 10.1 Å². The summed E-state index contributed by atoms with van der Waals surface area (Å²) < 4.78 is 9.84. The molecule has 20 heavy (non-hydrogen) atoms. The van der Waals surface area contributed by atoms with E-state index < -0.39 is 0 Å². The first-order valence-corrected chi connectivity index (χ1v) is 6.38. The number of hydrogen-bond acceptors (Lipinski definition) is 4. The lowest BCUT2D eigenvalue weighted by atomic mass is 10.3. The smallest absolute Gasteiger partial charge is 0.321 e. The van der Waals surface area contributed by atoms with Gasteiger partial charge in [-0.3, -0.25) is 4.79 Å². The molecule has 110 valence electrons. The quantitative estimate of drug-likeness (QED) is 0.810. The Morgan fingerprint density at radius 2 is 1.90 bits per heavy atom. The van der Waals surface area contributed by atoms with E-state index in [0.29, 0.717) is 18.8 Å². The molecule has 0 fully saturated rings. The molecule has 6 nitrogen and oxygen atoms in total. The second-order valence-corrected chi connectivity index (χ2v) is 4.14. The highest BCUT2D eigenvalue weighted by Crippen LogP contribution is 2.15. The number of anilines is 1. The third-order valence-corrected chi connectivity index (χ3v) is 2.64. The fourth-order valence-electron chi connectivity index (χ4n) is 1.49. The molecule has 1 N–H and O–H groups in total. The minimum Gasteiger partial charge on any atom is -0.497 e. The zero-order valence-electron chi connectivity index (χ0n) is 12.0. The minimum atomic E-state index is -0.309. The van der Waals surface area contributed by atoms with Crippen LogP contribution in [-0.2, 0) is 9.53 Å². The number of nitrogens with one attached hydrogen (secondary N) is 1. The molecule has 0 aromatic heterocycles. The van der Waals surface area contributed by atoms with Gasteiger partial charge in [0.25, 0.3) is 0 Å². The zero-order chi connectivity index (χ0) is 15.0. The van der Waals surface area contributed by atoms with Crippen molar-refractivity contribution in [2.24, 2.45) is 0 Å². The van der Waals surface area contributed by atoms with Crippen LogP contribution in [0.2, 0.25) is 0 Å². The minimum absolute atomic E-state index is 0.181. The van der Waals surface area contributed by atoms with E-state index >= 15 is 0 Å². The second kappa shape index (κ2) is 8.04. The zero-order valence-corrected chi connectivity index (χ0v) is 12.0. The Kier molecular flexibility index (Phi) is 6.36. The summed E-state index contributed by atoms with van der Waals surface area (Å²) >= 11 is 0. The van der Waals surface area contributed by atoms with Gasteiger partial charge in [0.05, 0.1) is 20.1 Å². The summed E-state index contributed by atoms with van der Waals surface area (Å²) in [6.07, 6.45) is 0.181. The second-order valence-electron chi connectivity index (χ2n) is 4.14. The van der Waals surface area contributed by atoms with Gasteiger partial charge in [0.15, 0.2) is 0 Å². The van der Waals surface area contributed by atoms with E-state index in [1.54, 1.807) is 45.3 Å². The van der Waals surface area contributed by atoms with Gasteiger partial charge in [-0.2, -0.15) is 0 Å². The van der Waals surface area contributed by atoms with Gasteiger partial charge >= 0.3 is 12.0 Å². The summed E-state index contributed by atoms with van der Waals surface area (Å²) in [4.78, 5) is 24.5. The van der Waals surface area contributed by atoms with Gasteiger partial charge in [0.2, 0.25) is 0 Å². The highest BCUT2D eigenvalue weighted by atomic mass is 16.5. The highest BCUT2D eigenvalue weighted by Gasteiger charge is 2.11. The number of carbonyl (C=O) groups excluding carboxylic acids is 2. The SMILES string of the molecule is CCOC(=O)CCN(C)C(=O)Nc1ccc(OC)cc1. The molecule has 0 spiro atoms. The number of rotatable bonds is 6. The van der Waals surface area contributed by atoms with Gasteiger partial charge in [-0.05, 0) is 31.2 Å². The third kappa shape index (κ3) is 5.17. The average Bonchev–Trinajstić information content (AvgIpc) is 2.45. The van der Waals surface area contributed by atoms with Crippen molar-refractivity contribution in [3.05, 3.63) is 24.3 Å². The first-order valence-electron chi connectivity index (χ1n) is 6.38. The standard InChI is InChI=1S/C14H20N2O4/c1-4-20-13(17)9-10-16(2)14(18)15-11-5-7-12(19-3)8-6-11/h5-8H,4,9-10H2,1-3H3,(H,15,18). The Bertz CT molecular complexity index is 445. The molecule has 0 radical (unpaired) electrons. The molecule has 0 aliphatic heterocycles. The fraction of sp³-hybridized carbons (Fsp3) is 0.429. The molecule has 0 bridgehead atoms. The maximum atomic E-state index is 11.9. The van der Waals surface area contributed by atoms with Crippen molar-refractivity contribution < 1.29 is 19.1 Å². The lowest BCUT2D eigenvalue weighted by molar-refractivity contribution is -0.143. The predicted octanol–water partition coefficient (Wildman–Crippen LogP) is 2.11. The van der Waals surface area contributed by atoms with Crippen molar-refractivity contribution in [3.8, 4) is 5.75 Å². The first-order chi connectivity index (χ1) is 9.56. The number of amides is 2. The van der Waals surface area contributed by atoms with Crippen molar-refractivity contribution in [1.29, 1.82) is 0 Å². The van der Waals surface area contributed by atoms with Crippen LogP contribution in [-0.4, -0.2) is 44.2 Å². The summed E-state index contributed by atoms with van der Waals surface area (Å²) in [5.74, 6) is 0.412. The van der Waals surface area contributed by atoms with Crippen LogP contribution in [0.1, 0.15) is 13.3 Å². The molecule has 6 heteroatoms. The molecule has 0 saturated heterocycles. The first kappa shape index (κ1) is 15.8. The average molecular weight is 280 g/mol. The molecule has 1 aromatic rings. The summed E-state index contributed by atoms with van der Waals surface area (Å²) in [5.41, 5.74) is 0.666. The number of urea groups is 1. The van der Waals surface area contributed by atoms with E-state index in [4.69, 9.17) is 9.47 Å². The van der Waals surface area contributed by atoms with Crippen LogP contribution in [0, 0.1) is 0 Å². The number of benzene rings is 1. The number of carbonyl (C=O) groups is 2. The molecule has 2 amide bonds. The Balaban J connectivity index is 2.42. The monoisotopic (exact) mass is 280 g/mol. The maximum Gasteiger partial charge on any atom is 0.321 e. The third-order valence-electron chi connectivity index (χ3n) is 2.64. The van der Waals surface area contributed by atoms with E-state index in [1.807, 2.05) is 0 Å². The molecule has 0 saturated carbocycles. The molecule has 0 aliphatic carbocycles. The molecular formula is C14H20N2O4. The summed E-state index contributed by atoms with van der Waals surface area (Å²) in [6, 6.07) is 6.73. The molecule has 0 atom stereocenters. The van der Waals surface area contributed by atoms with Gasteiger partial charge in [-0.25, -0.2) is 4.79 Å². The van der Waals surface area contributed by atoms with Crippen molar-refractivity contribution >= 4 is 17.7 Å². The van der Waals surface area contributed by atoms with Gasteiger partial charge in [0, 0.05) is 19.3 Å². The topological polar surface area (TPSA) is 67.9 Å². The van der Waals surface area contributed by atoms with E-state index in [9.17, 15) is 9.59 Å². The van der Waals surface area contributed by atoms with Gasteiger partial charge in [-0.15, -0.1) is 0 Å². The number of nitrogens with zero attached hydrogens (tertiary/aromatic N) is 1. The Hall–Kier alpha value is -2.24. The van der Waals surface area contributed by atoms with Crippen LogP contribution in [0.25, 0.3) is 0 Å². The fourth-order valence-corrected chi connectivity index (χ4v) is 1.49. The Morgan fingerprint density at radius 3 is 2.45 bits per heavy atom. The molecule has 1 aromatic carbocycles. The van der Waals surface area contributed by atoms with Gasteiger partial charge in [-0.1, -0.05) is 0 Å². The largest absolute Gasteiger partial charge is 0.497 e. The van der Waals surface area contributed by atoms with Crippen LogP contribution in [0.5, 0.6) is 5.75 Å². The predicted molar refractivity (Wildman–Crippen MR) is 75.9 cm³/mol. The van der Waals surface area contributed by atoms with Gasteiger partial charge in [0.1, 0.15) is 5.75 Å². The summed E-state index contributed by atoms with van der Waals surface area (Å²) in [6.45, 7) is 2.40. The lowest BCUT2D eigenvalue weighted by Crippen LogP contribution is -2.33. The highest BCUT2D eigenvalue weighted by molar-refractivity contribution is 5.89. The lowest BCUT2D eigenvalue weighted by Gasteiger charge is -2.17. The van der Waals surface area contributed by atoms with Crippen molar-refractivity contribution in [3.63, 3.8) is 0 Å². The number of esters is 1. The molecule has 1 rings (SSSR count). The number of ether oxygens (including phenoxy) is 2. The number of methoxy groups -OCH3 is 1. The van der Waals surface area contributed by atoms with E-state index in [1.165, 1.54) is 4.90 Å². The van der Waals surface area contributed by atoms with E-state index in [2.05, 4.69) is 5.32 Å². The summed E-state index contributed by atoms with van der Waals surface area (Å²) in [5, 5.41) is 2.73. The summed E-state index contributed by atoms with van der Waals surface area (Å²) in [7, 11) is 3.20. The molecule has 0 unspecified atom stereocenters. The van der Waals surface area contributed by atoms with Crippen molar-refractivity contribution in [2.45, 2.75) is 13.3 Å². The van der Waals surface area contributed by atoms with Gasteiger partial charge < -0.3 is 19.7 Å². The van der Waals surface area contributed by atoms with E-state index in [-0.39, 0.29) is 18.4 Å². The Labute approximate surface area is 118 Å². The van der Waals surface area contributed by atoms with Crippen LogP contribution in [0.3, 0.4) is 0 Å². The maximum absolute atomic E-state index is 11.9. The van der Waals surface area contributed by atoms with Crippen LogP contribution in [0.15, 0.2) is 24.3 Å². The van der Waals surface area contributed by atoms with Crippen molar-refractivity contribution in [1.82, 2.24) is 4.90 Å².